The number of carbonyl (C=O) groups is 1. The molecule has 4 nitrogen and oxygen atoms in total. The van der Waals surface area contributed by atoms with E-state index in [9.17, 15) is 9.00 Å². The molecule has 0 aliphatic rings. The quantitative estimate of drug-likeness (QED) is 0.750. The number of furan rings is 1. The van der Waals surface area contributed by atoms with Crippen LogP contribution in [-0.2, 0) is 15.5 Å². The fourth-order valence-electron chi connectivity index (χ4n) is 1.41. The van der Waals surface area contributed by atoms with E-state index in [4.69, 9.17) is 4.42 Å². The van der Waals surface area contributed by atoms with Gasteiger partial charge >= 0.3 is 5.97 Å². The van der Waals surface area contributed by atoms with Crippen molar-refractivity contribution in [2.75, 3.05) is 13.4 Å². The number of carbonyl (C=O) groups excluding carboxylic acids is 1. The molecule has 0 radical (unpaired) electrons. The van der Waals surface area contributed by atoms with Crippen LogP contribution in [0.4, 0.5) is 0 Å². The monoisotopic (exact) mass is 238 g/mol. The van der Waals surface area contributed by atoms with Gasteiger partial charge < -0.3 is 9.15 Å². The molecule has 0 spiro atoms. The maximum Gasteiger partial charge on any atom is 0.337 e. The van der Waals surface area contributed by atoms with Gasteiger partial charge in [-0.25, -0.2) is 4.79 Å². The highest BCUT2D eigenvalue weighted by molar-refractivity contribution is 7.84. The lowest BCUT2D eigenvalue weighted by Crippen LogP contribution is -1.99. The maximum atomic E-state index is 11.3. The number of esters is 1. The standard InChI is InChI=1S/C11H10O4S/c1-14-11(12)7-3-4-9-8(5-7)6-10(15-9)16(2)13/h3-6H,1-2H3. The van der Waals surface area contributed by atoms with Crippen molar-refractivity contribution in [3.05, 3.63) is 29.8 Å². The Bertz CT molecular complexity index is 570. The summed E-state index contributed by atoms with van der Waals surface area (Å²) in [6.45, 7) is 0. The molecule has 2 rings (SSSR count). The summed E-state index contributed by atoms with van der Waals surface area (Å²) < 4.78 is 21.2. The molecule has 0 aliphatic carbocycles. The fourth-order valence-corrected chi connectivity index (χ4v) is 1.91. The minimum Gasteiger partial charge on any atom is -0.465 e. The Kier molecular flexibility index (Phi) is 2.78. The van der Waals surface area contributed by atoms with Gasteiger partial charge in [0.15, 0.2) is 5.09 Å². The van der Waals surface area contributed by atoms with Gasteiger partial charge in [0.05, 0.1) is 23.5 Å². The second-order valence-corrected chi connectivity index (χ2v) is 4.57. The van der Waals surface area contributed by atoms with E-state index in [1.807, 2.05) is 0 Å². The van der Waals surface area contributed by atoms with Crippen LogP contribution in [0.25, 0.3) is 11.0 Å². The van der Waals surface area contributed by atoms with Gasteiger partial charge in [-0.3, -0.25) is 4.21 Å². The molecule has 0 N–H and O–H groups in total. The Morgan fingerprint density at radius 2 is 2.12 bits per heavy atom. The molecule has 1 heterocycles. The average Bonchev–Trinajstić information content (AvgIpc) is 2.70. The molecule has 16 heavy (non-hydrogen) atoms. The maximum absolute atomic E-state index is 11.3. The second-order valence-electron chi connectivity index (χ2n) is 3.26. The Labute approximate surface area is 94.7 Å². The third-order valence-electron chi connectivity index (χ3n) is 2.20. The van der Waals surface area contributed by atoms with Crippen molar-refractivity contribution in [1.29, 1.82) is 0 Å². The molecule has 1 aromatic heterocycles. The Morgan fingerprint density at radius 1 is 1.38 bits per heavy atom. The van der Waals surface area contributed by atoms with E-state index < -0.39 is 16.8 Å². The molecule has 0 saturated heterocycles. The summed E-state index contributed by atoms with van der Waals surface area (Å²) in [7, 11) is 0.164. The van der Waals surface area contributed by atoms with Crippen molar-refractivity contribution in [3.8, 4) is 0 Å². The summed E-state index contributed by atoms with van der Waals surface area (Å²) in [5.74, 6) is -0.401. The summed E-state index contributed by atoms with van der Waals surface area (Å²) in [6.07, 6.45) is 1.54. The van der Waals surface area contributed by atoms with Gasteiger partial charge in [0.2, 0.25) is 0 Å². The minimum absolute atomic E-state index is 0.400. The van der Waals surface area contributed by atoms with Crippen molar-refractivity contribution in [1.82, 2.24) is 0 Å². The lowest BCUT2D eigenvalue weighted by atomic mass is 10.2. The third-order valence-corrected chi connectivity index (χ3v) is 2.97. The normalized spacial score (nSPS) is 12.6. The van der Waals surface area contributed by atoms with E-state index in [0.29, 0.717) is 16.2 Å². The van der Waals surface area contributed by atoms with E-state index in [1.165, 1.54) is 7.11 Å². The minimum atomic E-state index is -1.16. The first-order valence-corrected chi connectivity index (χ1v) is 6.13. The van der Waals surface area contributed by atoms with Gasteiger partial charge in [-0.15, -0.1) is 0 Å². The SMILES string of the molecule is COC(=O)c1ccc2oc(S(C)=O)cc2c1. The van der Waals surface area contributed by atoms with Gasteiger partial charge in [-0.1, -0.05) is 0 Å². The zero-order valence-corrected chi connectivity index (χ0v) is 9.67. The number of hydrogen-bond donors (Lipinski definition) is 0. The molecule has 2 aromatic rings. The molecule has 0 bridgehead atoms. The summed E-state index contributed by atoms with van der Waals surface area (Å²) in [4.78, 5) is 11.3. The zero-order valence-electron chi connectivity index (χ0n) is 8.85. The number of rotatable bonds is 2. The predicted octanol–water partition coefficient (Wildman–Crippen LogP) is 1.96. The first kappa shape index (κ1) is 10.9. The van der Waals surface area contributed by atoms with Crippen molar-refractivity contribution < 1.29 is 18.2 Å². The first-order valence-electron chi connectivity index (χ1n) is 4.57. The molecule has 0 amide bonds. The van der Waals surface area contributed by atoms with E-state index >= 15 is 0 Å². The molecular weight excluding hydrogens is 228 g/mol. The van der Waals surface area contributed by atoms with Crippen LogP contribution in [0.5, 0.6) is 0 Å². The van der Waals surface area contributed by atoms with Crippen molar-refractivity contribution in [2.45, 2.75) is 5.09 Å². The van der Waals surface area contributed by atoms with Crippen LogP contribution in [-0.4, -0.2) is 23.5 Å². The van der Waals surface area contributed by atoms with Crippen LogP contribution in [0.2, 0.25) is 0 Å². The third kappa shape index (κ3) is 1.86. The van der Waals surface area contributed by atoms with Crippen LogP contribution in [0.1, 0.15) is 10.4 Å². The molecule has 0 saturated carbocycles. The molecule has 1 unspecified atom stereocenters. The van der Waals surface area contributed by atoms with Crippen LogP contribution in [0.3, 0.4) is 0 Å². The van der Waals surface area contributed by atoms with Gasteiger partial charge in [0.1, 0.15) is 5.58 Å². The highest BCUT2D eigenvalue weighted by Crippen LogP contribution is 2.22. The Hall–Kier alpha value is -1.62. The molecule has 5 heteroatoms. The van der Waals surface area contributed by atoms with Crippen molar-refractivity contribution in [2.24, 2.45) is 0 Å². The Balaban J connectivity index is 2.53. The van der Waals surface area contributed by atoms with E-state index in [-0.39, 0.29) is 0 Å². The van der Waals surface area contributed by atoms with E-state index in [1.54, 1.807) is 30.5 Å². The Morgan fingerprint density at radius 3 is 2.75 bits per heavy atom. The summed E-state index contributed by atoms with van der Waals surface area (Å²) in [5.41, 5.74) is 1.06. The van der Waals surface area contributed by atoms with E-state index in [0.717, 1.165) is 5.39 Å². The van der Waals surface area contributed by atoms with Gasteiger partial charge in [-0.2, -0.15) is 0 Å². The van der Waals surface area contributed by atoms with Crippen LogP contribution < -0.4 is 0 Å². The summed E-state index contributed by atoms with van der Waals surface area (Å²) in [6, 6.07) is 6.59. The van der Waals surface area contributed by atoms with Crippen LogP contribution in [0.15, 0.2) is 33.8 Å². The molecule has 0 aliphatic heterocycles. The summed E-state index contributed by atoms with van der Waals surface area (Å²) >= 11 is 0. The van der Waals surface area contributed by atoms with E-state index in [2.05, 4.69) is 4.74 Å². The number of ether oxygens (including phenoxy) is 1. The number of benzene rings is 1. The van der Waals surface area contributed by atoms with Crippen molar-refractivity contribution in [3.63, 3.8) is 0 Å². The topological polar surface area (TPSA) is 56.5 Å². The molecule has 84 valence electrons. The first-order chi connectivity index (χ1) is 7.61. The predicted molar refractivity (Wildman–Crippen MR) is 59.9 cm³/mol. The largest absolute Gasteiger partial charge is 0.465 e. The smallest absolute Gasteiger partial charge is 0.337 e. The average molecular weight is 238 g/mol. The highest BCUT2D eigenvalue weighted by atomic mass is 32.2. The molecule has 1 atom stereocenters. The summed E-state index contributed by atoms with van der Waals surface area (Å²) in [5, 5.41) is 1.14. The molecule has 0 fully saturated rings. The van der Waals surface area contributed by atoms with Gasteiger partial charge in [-0.05, 0) is 18.2 Å². The van der Waals surface area contributed by atoms with Crippen molar-refractivity contribution >= 4 is 27.7 Å². The lowest BCUT2D eigenvalue weighted by molar-refractivity contribution is 0.0601. The fraction of sp³-hybridized carbons (Fsp3) is 0.182. The highest BCUT2D eigenvalue weighted by Gasteiger charge is 2.10. The van der Waals surface area contributed by atoms with Gasteiger partial charge in [0.25, 0.3) is 0 Å². The zero-order chi connectivity index (χ0) is 11.7. The molecule has 1 aromatic carbocycles. The second kappa shape index (κ2) is 4.09. The van der Waals surface area contributed by atoms with Crippen LogP contribution >= 0.6 is 0 Å². The number of fused-ring (bicyclic) bond motifs is 1. The number of hydrogen-bond acceptors (Lipinski definition) is 4. The van der Waals surface area contributed by atoms with Gasteiger partial charge in [0, 0.05) is 17.7 Å². The molecular formula is C11H10O4S. The number of methoxy groups -OCH3 is 1. The lowest BCUT2D eigenvalue weighted by Gasteiger charge is -1.97. The van der Waals surface area contributed by atoms with Crippen LogP contribution in [0, 0.1) is 0 Å².